The van der Waals surface area contributed by atoms with E-state index in [0.29, 0.717) is 6.61 Å². The van der Waals surface area contributed by atoms with E-state index in [1.165, 1.54) is 53.5 Å². The van der Waals surface area contributed by atoms with Gasteiger partial charge in [0.25, 0.3) is 0 Å². The van der Waals surface area contributed by atoms with E-state index in [-0.39, 0.29) is 0 Å². The average Bonchev–Trinajstić information content (AvgIpc) is 2.63. The lowest BCUT2D eigenvalue weighted by atomic mass is 10.0. The molecule has 1 heteroatoms. The van der Waals surface area contributed by atoms with E-state index in [9.17, 15) is 0 Å². The Kier molecular flexibility index (Phi) is 16.9. The molecule has 0 saturated carbocycles. The highest BCUT2D eigenvalue weighted by Gasteiger charge is 1.94. The second kappa shape index (κ2) is 17.7. The third-order valence-corrected chi connectivity index (χ3v) is 5.04. The first-order valence-electron chi connectivity index (χ1n) is 11.2. The van der Waals surface area contributed by atoms with Crippen molar-refractivity contribution in [3.63, 3.8) is 0 Å². The summed E-state index contributed by atoms with van der Waals surface area (Å²) in [7, 11) is 0. The van der Waals surface area contributed by atoms with Crippen molar-refractivity contribution in [1.82, 2.24) is 0 Å². The largest absolute Gasteiger partial charge is 0.396 e. The number of hydrogen-bond acceptors (Lipinski definition) is 1. The van der Waals surface area contributed by atoms with Gasteiger partial charge in [-0.1, -0.05) is 58.2 Å². The number of hydrogen-bond donors (Lipinski definition) is 1. The van der Waals surface area contributed by atoms with Gasteiger partial charge in [-0.2, -0.15) is 0 Å². The smallest absolute Gasteiger partial charge is 0.0434 e. The van der Waals surface area contributed by atoms with E-state index in [1.54, 1.807) is 0 Å². The van der Waals surface area contributed by atoms with Gasteiger partial charge in [0.05, 0.1) is 0 Å². The average molecular weight is 387 g/mol. The van der Waals surface area contributed by atoms with Gasteiger partial charge < -0.3 is 5.11 Å². The molecule has 0 aliphatic carbocycles. The number of aliphatic hydroxyl groups excluding tert-OH is 1. The number of aliphatic hydroxyl groups is 1. The summed E-state index contributed by atoms with van der Waals surface area (Å²) in [5.74, 6) is 0. The Hall–Kier alpha value is -1.34. The fraction of sp³-hybridized carbons (Fsp3) is 0.630. The van der Waals surface area contributed by atoms with Crippen molar-refractivity contribution < 1.29 is 5.11 Å². The van der Waals surface area contributed by atoms with Crippen LogP contribution in [0.5, 0.6) is 0 Å². The molecule has 160 valence electrons. The molecule has 0 aliphatic heterocycles. The van der Waals surface area contributed by atoms with Gasteiger partial charge in [-0.3, -0.25) is 0 Å². The number of unbranched alkanes of at least 4 members (excludes halogenated alkanes) is 1. The topological polar surface area (TPSA) is 20.2 Å². The maximum atomic E-state index is 8.86. The van der Waals surface area contributed by atoms with Gasteiger partial charge in [0.1, 0.15) is 0 Å². The molecular weight excluding hydrogens is 340 g/mol. The fourth-order valence-corrected chi connectivity index (χ4v) is 3.11. The molecule has 0 rings (SSSR count). The van der Waals surface area contributed by atoms with E-state index in [1.807, 2.05) is 0 Å². The Labute approximate surface area is 176 Å². The molecule has 0 aliphatic rings. The van der Waals surface area contributed by atoms with Gasteiger partial charge in [0, 0.05) is 6.61 Å². The van der Waals surface area contributed by atoms with Gasteiger partial charge in [-0.25, -0.2) is 0 Å². The van der Waals surface area contributed by atoms with E-state index in [4.69, 9.17) is 5.11 Å². The zero-order chi connectivity index (χ0) is 21.2. The summed E-state index contributed by atoms with van der Waals surface area (Å²) < 4.78 is 0. The molecule has 0 aromatic carbocycles. The molecule has 1 nitrogen and oxygen atoms in total. The van der Waals surface area contributed by atoms with Gasteiger partial charge in [0.15, 0.2) is 0 Å². The van der Waals surface area contributed by atoms with Crippen molar-refractivity contribution in [3.8, 4) is 0 Å². The Bertz CT molecular complexity index is 551. The third-order valence-electron chi connectivity index (χ3n) is 5.04. The van der Waals surface area contributed by atoms with E-state index in [0.717, 1.165) is 38.5 Å². The molecule has 0 amide bonds. The molecule has 0 unspecified atom stereocenters. The minimum atomic E-state index is 0.295. The van der Waals surface area contributed by atoms with Crippen molar-refractivity contribution in [2.24, 2.45) is 0 Å². The zero-order valence-corrected chi connectivity index (χ0v) is 19.6. The Morgan fingerprint density at radius 1 is 0.500 bits per heavy atom. The normalized spacial score (nSPS) is 13.8. The van der Waals surface area contributed by atoms with Crippen LogP contribution in [0.15, 0.2) is 58.2 Å². The molecule has 0 saturated heterocycles. The molecule has 28 heavy (non-hydrogen) atoms. The summed E-state index contributed by atoms with van der Waals surface area (Å²) in [6.45, 7) is 13.6. The van der Waals surface area contributed by atoms with Crippen LogP contribution < -0.4 is 0 Å². The minimum absolute atomic E-state index is 0.295. The highest BCUT2D eigenvalue weighted by atomic mass is 16.2. The summed E-state index contributed by atoms with van der Waals surface area (Å²) in [5, 5.41) is 8.86. The Balaban J connectivity index is 4.00. The molecular formula is C27H46O. The van der Waals surface area contributed by atoms with Crippen LogP contribution in [-0.4, -0.2) is 11.7 Å². The first kappa shape index (κ1) is 26.7. The molecule has 1 N–H and O–H groups in total. The van der Waals surface area contributed by atoms with Crippen LogP contribution in [0.4, 0.5) is 0 Å². The van der Waals surface area contributed by atoms with Gasteiger partial charge in [-0.05, 0) is 106 Å². The van der Waals surface area contributed by atoms with Crippen LogP contribution in [0.3, 0.4) is 0 Å². The first-order chi connectivity index (χ1) is 13.3. The SMILES string of the molecule is CC(C)=CCCC(C)=CCCC(C)=CCCC=C(C)CCC=C(C)CCCO. The lowest BCUT2D eigenvalue weighted by Crippen LogP contribution is -1.85. The van der Waals surface area contributed by atoms with Gasteiger partial charge in [0.2, 0.25) is 0 Å². The zero-order valence-electron chi connectivity index (χ0n) is 19.6. The fourth-order valence-electron chi connectivity index (χ4n) is 3.11. The van der Waals surface area contributed by atoms with Crippen LogP contribution in [0.1, 0.15) is 106 Å². The summed E-state index contributed by atoms with van der Waals surface area (Å²) in [6, 6.07) is 0. The van der Waals surface area contributed by atoms with Gasteiger partial charge in [-0.15, -0.1) is 0 Å². The highest BCUT2D eigenvalue weighted by molar-refractivity contribution is 5.07. The third kappa shape index (κ3) is 18.0. The maximum absolute atomic E-state index is 8.86. The lowest BCUT2D eigenvalue weighted by molar-refractivity contribution is 0.288. The summed E-state index contributed by atoms with van der Waals surface area (Å²) in [5.41, 5.74) is 7.35. The monoisotopic (exact) mass is 386 g/mol. The Morgan fingerprint density at radius 3 is 1.25 bits per heavy atom. The highest BCUT2D eigenvalue weighted by Crippen LogP contribution is 2.14. The standard InChI is InChI=1S/C27H46O/c1-23(2)13-9-16-26(5)19-10-17-24(3)14-7-8-15-25(4)18-11-20-27(6)21-12-22-28/h13-15,19-20,28H,7-12,16-18,21-22H2,1-6H3. The second-order valence-electron chi connectivity index (χ2n) is 8.50. The molecule has 0 aromatic heterocycles. The second-order valence-corrected chi connectivity index (χ2v) is 8.50. The Morgan fingerprint density at radius 2 is 0.857 bits per heavy atom. The molecule has 0 radical (unpaired) electrons. The molecule has 0 aromatic rings. The van der Waals surface area contributed by atoms with Crippen molar-refractivity contribution in [1.29, 1.82) is 0 Å². The molecule has 0 heterocycles. The molecule has 0 atom stereocenters. The lowest BCUT2D eigenvalue weighted by Gasteiger charge is -2.02. The molecule has 0 fully saturated rings. The van der Waals surface area contributed by atoms with Crippen LogP contribution in [0, 0.1) is 0 Å². The quantitative estimate of drug-likeness (QED) is 0.220. The number of allylic oxidation sites excluding steroid dienone is 10. The van der Waals surface area contributed by atoms with Gasteiger partial charge >= 0.3 is 0 Å². The summed E-state index contributed by atoms with van der Waals surface area (Å²) in [6.07, 6.45) is 23.0. The summed E-state index contributed by atoms with van der Waals surface area (Å²) in [4.78, 5) is 0. The predicted octanol–water partition coefficient (Wildman–Crippen LogP) is 8.63. The first-order valence-corrected chi connectivity index (χ1v) is 11.2. The van der Waals surface area contributed by atoms with Crippen LogP contribution in [0.2, 0.25) is 0 Å². The summed E-state index contributed by atoms with van der Waals surface area (Å²) >= 11 is 0. The van der Waals surface area contributed by atoms with Crippen molar-refractivity contribution in [2.75, 3.05) is 6.61 Å². The van der Waals surface area contributed by atoms with Crippen LogP contribution in [-0.2, 0) is 0 Å². The van der Waals surface area contributed by atoms with Crippen molar-refractivity contribution >= 4 is 0 Å². The van der Waals surface area contributed by atoms with E-state index < -0.39 is 0 Å². The van der Waals surface area contributed by atoms with Crippen LogP contribution in [0.25, 0.3) is 0 Å². The van der Waals surface area contributed by atoms with Crippen LogP contribution >= 0.6 is 0 Å². The molecule has 0 spiro atoms. The maximum Gasteiger partial charge on any atom is 0.0434 e. The number of rotatable bonds is 15. The van der Waals surface area contributed by atoms with Crippen molar-refractivity contribution in [3.05, 3.63) is 58.2 Å². The minimum Gasteiger partial charge on any atom is -0.396 e. The predicted molar refractivity (Wildman–Crippen MR) is 128 cm³/mol. The molecule has 0 bridgehead atoms. The van der Waals surface area contributed by atoms with E-state index in [2.05, 4.69) is 71.9 Å². The van der Waals surface area contributed by atoms with E-state index >= 15 is 0 Å². The van der Waals surface area contributed by atoms with Crippen molar-refractivity contribution in [2.45, 2.75) is 106 Å².